The maximum Gasteiger partial charge on any atom is 0.236 e. The maximum atomic E-state index is 12.2. The van der Waals surface area contributed by atoms with Crippen molar-refractivity contribution in [3.05, 3.63) is 11.1 Å². The van der Waals surface area contributed by atoms with Gasteiger partial charge in [0.15, 0.2) is 27.9 Å². The van der Waals surface area contributed by atoms with Gasteiger partial charge in [-0.15, -0.1) is 0 Å². The zero-order valence-electron chi connectivity index (χ0n) is 15.5. The third kappa shape index (κ3) is 3.93. The van der Waals surface area contributed by atoms with Crippen LogP contribution in [0.2, 0.25) is 0 Å². The Labute approximate surface area is 174 Å². The fourth-order valence-electron chi connectivity index (χ4n) is 3.58. The minimum Gasteiger partial charge on any atom is -0.387 e. The van der Waals surface area contributed by atoms with E-state index in [9.17, 15) is 15.0 Å². The maximum absolute atomic E-state index is 12.2. The minimum atomic E-state index is -1.21. The molecular formula is C16H23BrN8O4. The highest BCUT2D eigenvalue weighted by Gasteiger charge is 2.45. The topological polar surface area (TPSA) is 164 Å². The number of nitrogen functional groups attached to an aromatic ring is 1. The lowest BCUT2D eigenvalue weighted by Crippen LogP contribution is -2.50. The number of aliphatic hydroxyl groups excluding tert-OH is 2. The van der Waals surface area contributed by atoms with Crippen molar-refractivity contribution < 1.29 is 19.7 Å². The Morgan fingerprint density at radius 3 is 2.86 bits per heavy atom. The SMILES string of the molecule is Nc1ncnc2c1nc(Br)n2[C@@H]1O[C@H](CNCC(=O)N2CCNCC2)[C@@H](O)[C@H]1O. The molecule has 6 N–H and O–H groups in total. The molecule has 4 atom stereocenters. The number of hydrogen-bond donors (Lipinski definition) is 5. The first-order valence-electron chi connectivity index (χ1n) is 9.32. The average Bonchev–Trinajstić information content (AvgIpc) is 3.20. The number of aliphatic hydroxyl groups is 2. The molecule has 0 saturated carbocycles. The molecule has 0 spiro atoms. The van der Waals surface area contributed by atoms with Gasteiger partial charge in [0.05, 0.1) is 6.54 Å². The number of hydrogen-bond acceptors (Lipinski definition) is 10. The Bertz CT molecular complexity index is 889. The van der Waals surface area contributed by atoms with Crippen LogP contribution in [-0.2, 0) is 9.53 Å². The van der Waals surface area contributed by atoms with E-state index in [1.807, 2.05) is 0 Å². The van der Waals surface area contributed by atoms with Gasteiger partial charge in [-0.25, -0.2) is 15.0 Å². The fourth-order valence-corrected chi connectivity index (χ4v) is 4.13. The summed E-state index contributed by atoms with van der Waals surface area (Å²) >= 11 is 3.32. The molecule has 0 aromatic carbocycles. The smallest absolute Gasteiger partial charge is 0.236 e. The van der Waals surface area contributed by atoms with E-state index in [0.29, 0.717) is 29.0 Å². The lowest BCUT2D eigenvalue weighted by Gasteiger charge is -2.27. The molecule has 12 nitrogen and oxygen atoms in total. The Morgan fingerprint density at radius 1 is 1.34 bits per heavy atom. The standard InChI is InChI=1S/C16H23BrN8O4/c17-16-23-10-13(18)21-7-22-14(10)25(16)15-12(28)11(27)8(29-15)5-20-6-9(26)24-3-1-19-2-4-24/h7-8,11-12,15,19-20,27-28H,1-6H2,(H2,18,21,22)/t8-,11-,12-,15-/m1/s1. The molecular weight excluding hydrogens is 448 g/mol. The van der Waals surface area contributed by atoms with Gasteiger partial charge in [-0.2, -0.15) is 0 Å². The highest BCUT2D eigenvalue weighted by atomic mass is 79.9. The summed E-state index contributed by atoms with van der Waals surface area (Å²) in [5.74, 6) is 0.193. The second-order valence-electron chi connectivity index (χ2n) is 6.99. The molecule has 2 aromatic heterocycles. The zero-order valence-corrected chi connectivity index (χ0v) is 17.1. The first-order chi connectivity index (χ1) is 14.0. The summed E-state index contributed by atoms with van der Waals surface area (Å²) in [6.45, 7) is 3.26. The predicted octanol–water partition coefficient (Wildman–Crippen LogP) is -2.19. The van der Waals surface area contributed by atoms with Crippen molar-refractivity contribution in [2.75, 3.05) is 45.0 Å². The van der Waals surface area contributed by atoms with Gasteiger partial charge in [-0.05, 0) is 15.9 Å². The van der Waals surface area contributed by atoms with Gasteiger partial charge in [0, 0.05) is 32.7 Å². The summed E-state index contributed by atoms with van der Waals surface area (Å²) in [4.78, 5) is 26.3. The number of nitrogens with two attached hydrogens (primary N) is 1. The van der Waals surface area contributed by atoms with E-state index in [1.165, 1.54) is 10.9 Å². The highest BCUT2D eigenvalue weighted by Crippen LogP contribution is 2.34. The molecule has 13 heteroatoms. The summed E-state index contributed by atoms with van der Waals surface area (Å²) in [5, 5.41) is 27.2. The summed E-state index contributed by atoms with van der Waals surface area (Å²) in [5.41, 5.74) is 6.58. The van der Waals surface area contributed by atoms with Gasteiger partial charge in [-0.1, -0.05) is 0 Å². The van der Waals surface area contributed by atoms with Crippen molar-refractivity contribution in [3.63, 3.8) is 0 Å². The van der Waals surface area contributed by atoms with Gasteiger partial charge >= 0.3 is 0 Å². The number of carbonyl (C=O) groups excluding carboxylic acids is 1. The molecule has 0 unspecified atom stereocenters. The predicted molar refractivity (Wildman–Crippen MR) is 106 cm³/mol. The quantitative estimate of drug-likeness (QED) is 0.303. The molecule has 2 saturated heterocycles. The second-order valence-corrected chi connectivity index (χ2v) is 7.70. The van der Waals surface area contributed by atoms with E-state index in [-0.39, 0.29) is 24.8 Å². The minimum absolute atomic E-state index is 0.00777. The molecule has 2 fully saturated rings. The van der Waals surface area contributed by atoms with Crippen LogP contribution < -0.4 is 16.4 Å². The van der Waals surface area contributed by atoms with Crippen LogP contribution in [0.3, 0.4) is 0 Å². The zero-order chi connectivity index (χ0) is 20.5. The molecule has 2 aliphatic rings. The van der Waals surface area contributed by atoms with Crippen LogP contribution >= 0.6 is 15.9 Å². The van der Waals surface area contributed by atoms with Gasteiger partial charge in [0.25, 0.3) is 0 Å². The number of carbonyl (C=O) groups is 1. The Balaban J connectivity index is 1.41. The summed E-state index contributed by atoms with van der Waals surface area (Å²) in [7, 11) is 0. The summed E-state index contributed by atoms with van der Waals surface area (Å²) < 4.78 is 7.75. The highest BCUT2D eigenvalue weighted by molar-refractivity contribution is 9.10. The van der Waals surface area contributed by atoms with Gasteiger partial charge < -0.3 is 36.2 Å². The van der Waals surface area contributed by atoms with Crippen molar-refractivity contribution in [3.8, 4) is 0 Å². The summed E-state index contributed by atoms with van der Waals surface area (Å²) in [6.07, 6.45) is -2.70. The molecule has 4 rings (SSSR count). The van der Waals surface area contributed by atoms with Crippen LogP contribution in [-0.4, -0.2) is 98.1 Å². The van der Waals surface area contributed by atoms with Crippen LogP contribution in [0, 0.1) is 0 Å². The monoisotopic (exact) mass is 470 g/mol. The van der Waals surface area contributed by atoms with E-state index in [4.69, 9.17) is 10.5 Å². The number of aromatic nitrogens is 4. The fraction of sp³-hybridized carbons (Fsp3) is 0.625. The molecule has 2 aliphatic heterocycles. The van der Waals surface area contributed by atoms with Crippen molar-refractivity contribution in [2.24, 2.45) is 0 Å². The number of rotatable bonds is 5. The first-order valence-corrected chi connectivity index (χ1v) is 10.1. The molecule has 4 heterocycles. The van der Waals surface area contributed by atoms with Crippen molar-refractivity contribution >= 4 is 38.8 Å². The van der Waals surface area contributed by atoms with Gasteiger partial charge in [-0.3, -0.25) is 9.36 Å². The van der Waals surface area contributed by atoms with Gasteiger partial charge in [0.2, 0.25) is 5.91 Å². The number of fused-ring (bicyclic) bond motifs is 1. The van der Waals surface area contributed by atoms with Crippen LogP contribution in [0.25, 0.3) is 11.2 Å². The van der Waals surface area contributed by atoms with Crippen LogP contribution in [0.4, 0.5) is 5.82 Å². The van der Waals surface area contributed by atoms with Crippen LogP contribution in [0.5, 0.6) is 0 Å². The van der Waals surface area contributed by atoms with E-state index in [0.717, 1.165) is 13.1 Å². The largest absolute Gasteiger partial charge is 0.387 e. The van der Waals surface area contributed by atoms with Crippen molar-refractivity contribution in [1.29, 1.82) is 0 Å². The second kappa shape index (κ2) is 8.45. The lowest BCUT2D eigenvalue weighted by atomic mass is 10.1. The number of piperazine rings is 1. The number of amides is 1. The third-order valence-corrected chi connectivity index (χ3v) is 5.70. The van der Waals surface area contributed by atoms with Crippen LogP contribution in [0.15, 0.2) is 11.1 Å². The number of nitrogens with one attached hydrogen (secondary N) is 2. The lowest BCUT2D eigenvalue weighted by molar-refractivity contribution is -0.130. The Kier molecular flexibility index (Phi) is 5.94. The Morgan fingerprint density at radius 2 is 2.10 bits per heavy atom. The van der Waals surface area contributed by atoms with E-state index >= 15 is 0 Å². The molecule has 0 radical (unpaired) electrons. The first kappa shape index (κ1) is 20.4. The molecule has 0 bridgehead atoms. The van der Waals surface area contributed by atoms with Crippen LogP contribution in [0.1, 0.15) is 6.23 Å². The number of imidazole rings is 1. The third-order valence-electron chi connectivity index (χ3n) is 5.15. The van der Waals surface area contributed by atoms with Crippen molar-refractivity contribution in [2.45, 2.75) is 24.5 Å². The number of nitrogens with zero attached hydrogens (tertiary/aromatic N) is 5. The van der Waals surface area contributed by atoms with E-state index in [1.54, 1.807) is 4.90 Å². The van der Waals surface area contributed by atoms with E-state index < -0.39 is 24.5 Å². The number of ether oxygens (including phenoxy) is 1. The normalized spacial score (nSPS) is 27.6. The molecule has 0 aliphatic carbocycles. The Hall–Kier alpha value is -1.90. The van der Waals surface area contributed by atoms with Crippen molar-refractivity contribution in [1.82, 2.24) is 35.1 Å². The number of halogens is 1. The van der Waals surface area contributed by atoms with E-state index in [2.05, 4.69) is 41.5 Å². The molecule has 1 amide bonds. The molecule has 158 valence electrons. The molecule has 2 aromatic rings. The molecule has 29 heavy (non-hydrogen) atoms. The summed E-state index contributed by atoms with van der Waals surface area (Å²) in [6, 6.07) is 0. The average molecular weight is 471 g/mol. The number of anilines is 1. The van der Waals surface area contributed by atoms with Gasteiger partial charge in [0.1, 0.15) is 24.6 Å².